The van der Waals surface area contributed by atoms with E-state index in [2.05, 4.69) is 148 Å². The Hall–Kier alpha value is -4.57. The molecule has 0 aromatic heterocycles. The Morgan fingerprint density at radius 2 is 0.667 bits per heavy atom. The first kappa shape index (κ1) is 76.4. The van der Waals surface area contributed by atoms with Crippen molar-refractivity contribution >= 4 is 17.9 Å². The molecule has 0 amide bonds. The van der Waals surface area contributed by atoms with Crippen molar-refractivity contribution in [3.63, 3.8) is 0 Å². The molecule has 0 heterocycles. The summed E-state index contributed by atoms with van der Waals surface area (Å²) in [4.78, 5) is 37.5. The smallest absolute Gasteiger partial charge is 0.361 e. The fourth-order valence-corrected chi connectivity index (χ4v) is 8.51. The zero-order valence-electron chi connectivity index (χ0n) is 52.4. The summed E-state index contributed by atoms with van der Waals surface area (Å²) in [6.45, 7) is 4.61. The normalized spacial score (nSPS) is 13.6. The number of ether oxygens (including phenoxy) is 4. The summed E-state index contributed by atoms with van der Waals surface area (Å²) in [5.41, 5.74) is 0. The monoisotopic (exact) mass is 1130 g/mol. The third kappa shape index (κ3) is 62.9. The fraction of sp³-hybridized carbons (Fsp3) is 0.653. The van der Waals surface area contributed by atoms with E-state index in [-0.39, 0.29) is 38.6 Å². The van der Waals surface area contributed by atoms with Crippen molar-refractivity contribution in [2.24, 2.45) is 0 Å². The van der Waals surface area contributed by atoms with Crippen LogP contribution in [0.5, 0.6) is 0 Å². The fourth-order valence-electron chi connectivity index (χ4n) is 8.51. The molecule has 0 aromatic carbocycles. The quantitative estimate of drug-likeness (QED) is 0.0211. The number of esters is 2. The first-order valence-corrected chi connectivity index (χ1v) is 32.3. The molecule has 81 heavy (non-hydrogen) atoms. The summed E-state index contributed by atoms with van der Waals surface area (Å²) in [6, 6.07) is 0. The van der Waals surface area contributed by atoms with Crippen LogP contribution in [0.2, 0.25) is 0 Å². The number of carbonyl (C=O) groups is 3. The maximum absolute atomic E-state index is 12.9. The average molecular weight is 1130 g/mol. The van der Waals surface area contributed by atoms with Gasteiger partial charge in [-0.1, -0.05) is 257 Å². The van der Waals surface area contributed by atoms with Gasteiger partial charge in [0.2, 0.25) is 0 Å². The van der Waals surface area contributed by atoms with Crippen molar-refractivity contribution in [2.45, 2.75) is 257 Å². The molecule has 1 N–H and O–H groups in total. The molecule has 0 rings (SSSR count). The maximum Gasteiger partial charge on any atom is 0.361 e. The summed E-state index contributed by atoms with van der Waals surface area (Å²) in [5.74, 6) is -2.05. The predicted molar refractivity (Wildman–Crippen MR) is 345 cm³/mol. The second-order valence-corrected chi connectivity index (χ2v) is 22.3. The number of nitrogens with zero attached hydrogens (tertiary/aromatic N) is 1. The van der Waals surface area contributed by atoms with Crippen LogP contribution in [0, 0.1) is 0 Å². The number of aliphatic carboxylic acids is 1. The van der Waals surface area contributed by atoms with Crippen LogP contribution in [0.25, 0.3) is 0 Å². The molecular weight excluding hydrogens is 1010 g/mol. The average Bonchev–Trinajstić information content (AvgIpc) is 3.44. The maximum atomic E-state index is 12.9. The molecule has 2 unspecified atom stereocenters. The van der Waals surface area contributed by atoms with E-state index in [0.29, 0.717) is 23.9 Å². The van der Waals surface area contributed by atoms with Gasteiger partial charge in [-0.2, -0.15) is 0 Å². The van der Waals surface area contributed by atoms with E-state index in [4.69, 9.17) is 18.9 Å². The molecule has 0 saturated heterocycles. The summed E-state index contributed by atoms with van der Waals surface area (Å²) < 4.78 is 22.9. The van der Waals surface area contributed by atoms with Gasteiger partial charge in [0.1, 0.15) is 13.2 Å². The van der Waals surface area contributed by atoms with E-state index in [0.717, 1.165) is 109 Å². The number of carboxylic acids is 1. The van der Waals surface area contributed by atoms with Crippen LogP contribution in [0.4, 0.5) is 0 Å². The molecule has 0 radical (unpaired) electrons. The van der Waals surface area contributed by atoms with Crippen LogP contribution in [0.1, 0.15) is 245 Å². The van der Waals surface area contributed by atoms with Crippen molar-refractivity contribution in [2.75, 3.05) is 47.5 Å². The third-order valence-electron chi connectivity index (χ3n) is 13.4. The van der Waals surface area contributed by atoms with Crippen molar-refractivity contribution in [3.05, 3.63) is 134 Å². The van der Waals surface area contributed by atoms with Gasteiger partial charge in [0.05, 0.1) is 34.4 Å². The Morgan fingerprint density at radius 1 is 0.370 bits per heavy atom. The zero-order valence-corrected chi connectivity index (χ0v) is 52.4. The number of unbranched alkanes of at least 4 members (excludes halogenated alkanes) is 21. The highest BCUT2D eigenvalue weighted by molar-refractivity contribution is 5.71. The molecule has 2 atom stereocenters. The summed E-state index contributed by atoms with van der Waals surface area (Å²) in [7, 11) is 5.96. The number of hydrogen-bond donors (Lipinski definition) is 1. The lowest BCUT2D eigenvalue weighted by Gasteiger charge is -2.25. The number of likely N-dealkylation sites (N-methyl/N-ethyl adjacent to an activating group) is 1. The lowest BCUT2D eigenvalue weighted by Crippen LogP contribution is -2.40. The molecule has 0 aromatic rings. The second kappa shape index (κ2) is 61.5. The van der Waals surface area contributed by atoms with Crippen LogP contribution >= 0.6 is 0 Å². The highest BCUT2D eigenvalue weighted by Gasteiger charge is 2.25. The van der Waals surface area contributed by atoms with E-state index in [9.17, 15) is 19.5 Å². The summed E-state index contributed by atoms with van der Waals surface area (Å²) in [6.07, 6.45) is 85.6. The number of carbonyl (C=O) groups excluding carboxylic acids is 2. The molecule has 0 bridgehead atoms. The molecule has 0 spiro atoms. The number of hydrogen-bond acceptors (Lipinski definition) is 7. The van der Waals surface area contributed by atoms with Crippen LogP contribution in [0.3, 0.4) is 0 Å². The van der Waals surface area contributed by atoms with Gasteiger partial charge in [-0.3, -0.25) is 9.59 Å². The first-order chi connectivity index (χ1) is 39.6. The number of allylic oxidation sites excluding steroid dienone is 22. The van der Waals surface area contributed by atoms with Gasteiger partial charge in [0, 0.05) is 12.8 Å². The molecule has 0 saturated carbocycles. The molecule has 9 nitrogen and oxygen atoms in total. The van der Waals surface area contributed by atoms with E-state index in [1.807, 2.05) is 21.1 Å². The summed E-state index contributed by atoms with van der Waals surface area (Å²) >= 11 is 0. The van der Waals surface area contributed by atoms with Crippen LogP contribution < -0.4 is 0 Å². The molecule has 0 fully saturated rings. The van der Waals surface area contributed by atoms with Crippen molar-refractivity contribution in [1.29, 1.82) is 0 Å². The molecule has 0 aliphatic heterocycles. The lowest BCUT2D eigenvalue weighted by atomic mass is 10.0. The van der Waals surface area contributed by atoms with E-state index in [1.54, 1.807) is 0 Å². The van der Waals surface area contributed by atoms with Crippen molar-refractivity contribution < 1.29 is 42.9 Å². The Labute approximate surface area is 497 Å². The van der Waals surface area contributed by atoms with Crippen LogP contribution in [0.15, 0.2) is 134 Å². The topological polar surface area (TPSA) is 108 Å². The summed E-state index contributed by atoms with van der Waals surface area (Å²) in [5, 5.41) is 9.72. The van der Waals surface area contributed by atoms with Crippen LogP contribution in [-0.4, -0.2) is 87.4 Å². The number of carboxylic acid groups (broad SMARTS) is 1. The van der Waals surface area contributed by atoms with Gasteiger partial charge >= 0.3 is 17.9 Å². The van der Waals surface area contributed by atoms with E-state index in [1.165, 1.54) is 96.3 Å². The van der Waals surface area contributed by atoms with Crippen molar-refractivity contribution in [3.8, 4) is 0 Å². The second-order valence-electron chi connectivity index (χ2n) is 22.3. The Bertz CT molecular complexity index is 1790. The standard InChI is InChI=1S/C72H119NO8/c1-6-8-10-12-14-16-18-20-22-24-26-27-28-29-30-31-32-33-34-35-36-37-38-39-40-41-42-43-45-47-49-51-53-55-57-59-61-63-70(75)81-68(67-80-72(71(76)77)78-65-64-73(3,4)5)66-79-69(74)62-60-58-56-54-52-50-48-46-44-25-23-21-19-17-15-13-11-9-7-2/h8-11,14-17,20-23,26-27,29-30,32-33,44,46,50,52,68,72H,6-7,12-13,18-19,24-25,28,31,34-43,45,47-49,51,53-67H2,1-5H3/p+1/b10-8-,11-9-,16-14-,17-15-,22-20-,23-21-,27-26-,30-29-,33-32-,46-44-,52-50-. The van der Waals surface area contributed by atoms with Gasteiger partial charge < -0.3 is 28.5 Å². The molecule has 9 heteroatoms. The molecule has 0 aliphatic carbocycles. The minimum atomic E-state index is -1.52. The third-order valence-corrected chi connectivity index (χ3v) is 13.4. The van der Waals surface area contributed by atoms with Gasteiger partial charge in [-0.05, 0) is 109 Å². The Balaban J connectivity index is 4.13. The molecule has 0 aliphatic rings. The van der Waals surface area contributed by atoms with Gasteiger partial charge in [0.25, 0.3) is 6.29 Å². The SMILES string of the molecule is CC/C=C\C/C=C\C/C=C\C/C=C\C/C=C\C/C=C\CCCCCCCCCCCCCCCCCCCCC(=O)OC(COC(=O)CCCCC/C=C\C/C=C\C/C=C\C/C=C\C/C=C\CC)COC(OCC[N+](C)(C)C)C(=O)O. The minimum absolute atomic E-state index is 0.177. The number of rotatable bonds is 58. The van der Waals surface area contributed by atoms with Gasteiger partial charge in [-0.15, -0.1) is 0 Å². The van der Waals surface area contributed by atoms with Crippen LogP contribution in [-0.2, 0) is 33.3 Å². The highest BCUT2D eigenvalue weighted by atomic mass is 16.7. The van der Waals surface area contributed by atoms with E-state index < -0.39 is 24.3 Å². The Morgan fingerprint density at radius 3 is 1.00 bits per heavy atom. The minimum Gasteiger partial charge on any atom is -0.477 e. The first-order valence-electron chi connectivity index (χ1n) is 32.3. The zero-order chi connectivity index (χ0) is 59.1. The Kier molecular flexibility index (Phi) is 58.0. The highest BCUT2D eigenvalue weighted by Crippen LogP contribution is 2.16. The largest absolute Gasteiger partial charge is 0.477 e. The van der Waals surface area contributed by atoms with Gasteiger partial charge in [0.15, 0.2) is 6.10 Å². The lowest BCUT2D eigenvalue weighted by molar-refractivity contribution is -0.870. The van der Waals surface area contributed by atoms with Crippen molar-refractivity contribution in [1.82, 2.24) is 0 Å². The molecular formula is C72H120NO8+. The van der Waals surface area contributed by atoms with E-state index >= 15 is 0 Å². The van der Waals surface area contributed by atoms with Gasteiger partial charge in [-0.25, -0.2) is 4.79 Å². The predicted octanol–water partition coefficient (Wildman–Crippen LogP) is 19.8. The number of quaternary nitrogens is 1. The molecule has 460 valence electrons.